The Hall–Kier alpha value is -2.37. The van der Waals surface area contributed by atoms with Crippen molar-refractivity contribution in [1.82, 2.24) is 4.98 Å². The SMILES string of the molecule is CCc1nc(C)c2c(c1O)OC(=O)/C=C\C(=O)O2. The topological polar surface area (TPSA) is 85.7 Å². The summed E-state index contributed by atoms with van der Waals surface area (Å²) in [6, 6.07) is 0. The van der Waals surface area contributed by atoms with Crippen molar-refractivity contribution in [3.63, 3.8) is 0 Å². The lowest BCUT2D eigenvalue weighted by Crippen LogP contribution is -2.15. The van der Waals surface area contributed by atoms with Gasteiger partial charge in [-0.25, -0.2) is 9.59 Å². The van der Waals surface area contributed by atoms with E-state index in [1.54, 1.807) is 13.8 Å². The highest BCUT2D eigenvalue weighted by Gasteiger charge is 2.24. The molecule has 0 aliphatic carbocycles. The van der Waals surface area contributed by atoms with Gasteiger partial charge in [-0.1, -0.05) is 6.92 Å². The summed E-state index contributed by atoms with van der Waals surface area (Å²) in [5.74, 6) is -1.96. The number of aryl methyl sites for hydroxylation is 2. The summed E-state index contributed by atoms with van der Waals surface area (Å²) in [5, 5.41) is 9.92. The van der Waals surface area contributed by atoms with Crippen LogP contribution in [0.1, 0.15) is 18.3 Å². The van der Waals surface area contributed by atoms with E-state index in [9.17, 15) is 14.7 Å². The molecule has 2 rings (SSSR count). The van der Waals surface area contributed by atoms with Gasteiger partial charge in [-0.2, -0.15) is 0 Å². The van der Waals surface area contributed by atoms with Crippen LogP contribution in [0, 0.1) is 6.92 Å². The van der Waals surface area contributed by atoms with E-state index in [4.69, 9.17) is 9.47 Å². The van der Waals surface area contributed by atoms with Gasteiger partial charge in [-0.15, -0.1) is 0 Å². The van der Waals surface area contributed by atoms with Crippen molar-refractivity contribution in [3.05, 3.63) is 23.5 Å². The first-order chi connectivity index (χ1) is 8.52. The van der Waals surface area contributed by atoms with E-state index >= 15 is 0 Å². The fourth-order valence-corrected chi connectivity index (χ4v) is 1.58. The molecule has 18 heavy (non-hydrogen) atoms. The van der Waals surface area contributed by atoms with Gasteiger partial charge in [0.15, 0.2) is 11.5 Å². The third-order valence-corrected chi connectivity index (χ3v) is 2.42. The molecule has 0 spiro atoms. The summed E-state index contributed by atoms with van der Waals surface area (Å²) in [5.41, 5.74) is 0.746. The van der Waals surface area contributed by atoms with Crippen LogP contribution in [0.25, 0.3) is 0 Å². The van der Waals surface area contributed by atoms with Crippen LogP contribution >= 0.6 is 0 Å². The molecule has 1 aromatic heterocycles. The van der Waals surface area contributed by atoms with Crippen LogP contribution in [0.3, 0.4) is 0 Å². The van der Waals surface area contributed by atoms with Crippen LogP contribution in [0.2, 0.25) is 0 Å². The zero-order chi connectivity index (χ0) is 13.3. The summed E-state index contributed by atoms with van der Waals surface area (Å²) >= 11 is 0. The molecule has 0 radical (unpaired) electrons. The number of rotatable bonds is 1. The predicted molar refractivity (Wildman–Crippen MR) is 60.4 cm³/mol. The maximum absolute atomic E-state index is 11.4. The summed E-state index contributed by atoms with van der Waals surface area (Å²) in [6.45, 7) is 3.40. The second-order valence-electron chi connectivity index (χ2n) is 3.68. The lowest BCUT2D eigenvalue weighted by atomic mass is 10.2. The van der Waals surface area contributed by atoms with E-state index in [-0.39, 0.29) is 17.2 Å². The van der Waals surface area contributed by atoms with Crippen LogP contribution in [-0.2, 0) is 16.0 Å². The normalized spacial score (nSPS) is 16.1. The van der Waals surface area contributed by atoms with Gasteiger partial charge in [-0.3, -0.25) is 4.98 Å². The van der Waals surface area contributed by atoms with Crippen LogP contribution in [-0.4, -0.2) is 22.0 Å². The molecule has 6 nitrogen and oxygen atoms in total. The van der Waals surface area contributed by atoms with E-state index in [0.29, 0.717) is 17.8 Å². The van der Waals surface area contributed by atoms with E-state index in [1.165, 1.54) is 0 Å². The molecule has 2 heterocycles. The first-order valence-corrected chi connectivity index (χ1v) is 5.37. The molecule has 1 aliphatic rings. The van der Waals surface area contributed by atoms with Gasteiger partial charge in [0.25, 0.3) is 0 Å². The minimum Gasteiger partial charge on any atom is -0.503 e. The second kappa shape index (κ2) is 4.48. The Morgan fingerprint density at radius 3 is 2.28 bits per heavy atom. The summed E-state index contributed by atoms with van der Waals surface area (Å²) in [6.07, 6.45) is 2.35. The molecule has 1 N–H and O–H groups in total. The highest BCUT2D eigenvalue weighted by Crippen LogP contribution is 2.41. The minimum atomic E-state index is -0.754. The number of ether oxygens (including phenoxy) is 2. The third kappa shape index (κ3) is 2.04. The predicted octanol–water partition coefficient (Wildman–Crippen LogP) is 1.04. The molecule has 0 unspecified atom stereocenters. The van der Waals surface area contributed by atoms with Crippen LogP contribution in [0.4, 0.5) is 0 Å². The monoisotopic (exact) mass is 249 g/mol. The molecule has 0 saturated heterocycles. The molecule has 0 bridgehead atoms. The number of esters is 2. The molecular weight excluding hydrogens is 238 g/mol. The summed E-state index contributed by atoms with van der Waals surface area (Å²) in [7, 11) is 0. The first-order valence-electron chi connectivity index (χ1n) is 5.37. The van der Waals surface area contributed by atoms with Gasteiger partial charge in [-0.05, 0) is 13.3 Å². The molecule has 94 valence electrons. The number of nitrogens with zero attached hydrogens (tertiary/aromatic N) is 1. The smallest absolute Gasteiger partial charge is 0.336 e. The Labute approximate surface area is 103 Å². The van der Waals surface area contributed by atoms with Gasteiger partial charge in [0, 0.05) is 12.2 Å². The molecule has 0 atom stereocenters. The maximum atomic E-state index is 11.4. The Morgan fingerprint density at radius 1 is 1.17 bits per heavy atom. The molecular formula is C12H11NO5. The first kappa shape index (κ1) is 12.1. The summed E-state index contributed by atoms with van der Waals surface area (Å²) < 4.78 is 9.92. The van der Waals surface area contributed by atoms with Gasteiger partial charge in [0.05, 0.1) is 11.4 Å². The number of fused-ring (bicyclic) bond motifs is 1. The highest BCUT2D eigenvalue weighted by atomic mass is 16.6. The number of carbonyl (C=O) groups is 2. The zero-order valence-corrected chi connectivity index (χ0v) is 9.89. The van der Waals surface area contributed by atoms with Crippen molar-refractivity contribution < 1.29 is 24.2 Å². The lowest BCUT2D eigenvalue weighted by Gasteiger charge is -2.15. The molecule has 6 heteroatoms. The van der Waals surface area contributed by atoms with Crippen molar-refractivity contribution in [2.45, 2.75) is 20.3 Å². The molecule has 0 amide bonds. The van der Waals surface area contributed by atoms with Gasteiger partial charge >= 0.3 is 11.9 Å². The molecule has 0 fully saturated rings. The van der Waals surface area contributed by atoms with Crippen LogP contribution < -0.4 is 9.47 Å². The van der Waals surface area contributed by atoms with Crippen molar-refractivity contribution in [1.29, 1.82) is 0 Å². The molecule has 0 saturated carbocycles. The quantitative estimate of drug-likeness (QED) is 0.748. The van der Waals surface area contributed by atoms with Crippen molar-refractivity contribution in [3.8, 4) is 17.2 Å². The number of aromatic nitrogens is 1. The van der Waals surface area contributed by atoms with Gasteiger partial charge < -0.3 is 14.6 Å². The van der Waals surface area contributed by atoms with Crippen molar-refractivity contribution in [2.24, 2.45) is 0 Å². The Balaban J connectivity index is 2.64. The van der Waals surface area contributed by atoms with Gasteiger partial charge in [0.1, 0.15) is 0 Å². The Kier molecular flexibility index (Phi) is 3.01. The number of aromatic hydroxyl groups is 1. The van der Waals surface area contributed by atoms with E-state index in [0.717, 1.165) is 12.2 Å². The zero-order valence-electron chi connectivity index (χ0n) is 9.89. The lowest BCUT2D eigenvalue weighted by molar-refractivity contribution is -0.133. The highest BCUT2D eigenvalue weighted by molar-refractivity contribution is 5.95. The van der Waals surface area contributed by atoms with Crippen molar-refractivity contribution >= 4 is 11.9 Å². The third-order valence-electron chi connectivity index (χ3n) is 2.42. The largest absolute Gasteiger partial charge is 0.503 e. The number of carbonyl (C=O) groups excluding carboxylic acids is 2. The second-order valence-corrected chi connectivity index (χ2v) is 3.68. The van der Waals surface area contributed by atoms with Crippen molar-refractivity contribution in [2.75, 3.05) is 0 Å². The fraction of sp³-hybridized carbons (Fsp3) is 0.250. The average molecular weight is 249 g/mol. The van der Waals surface area contributed by atoms with Crippen LogP contribution in [0.15, 0.2) is 12.2 Å². The number of pyridine rings is 1. The summed E-state index contributed by atoms with van der Waals surface area (Å²) in [4.78, 5) is 26.8. The average Bonchev–Trinajstić information content (AvgIpc) is 2.33. The standard InChI is InChI=1S/C12H11NO5/c1-3-7-10(16)12-11(6(2)13-7)17-8(14)4-5-9(15)18-12/h4-5,16H,3H2,1-2H3/b5-4-. The molecule has 1 aliphatic heterocycles. The van der Waals surface area contributed by atoms with E-state index in [2.05, 4.69) is 4.98 Å². The van der Waals surface area contributed by atoms with E-state index in [1.807, 2.05) is 0 Å². The Morgan fingerprint density at radius 2 is 1.72 bits per heavy atom. The molecule has 0 aromatic carbocycles. The maximum Gasteiger partial charge on any atom is 0.336 e. The Bertz CT molecular complexity index is 562. The molecule has 1 aromatic rings. The van der Waals surface area contributed by atoms with Crippen LogP contribution in [0.5, 0.6) is 17.2 Å². The van der Waals surface area contributed by atoms with Gasteiger partial charge in [0.2, 0.25) is 5.75 Å². The minimum absolute atomic E-state index is 0.0348. The fourth-order valence-electron chi connectivity index (χ4n) is 1.58. The van der Waals surface area contributed by atoms with E-state index < -0.39 is 11.9 Å². The number of hydrogen-bond donors (Lipinski definition) is 1. The number of hydrogen-bond acceptors (Lipinski definition) is 6.